The number of hydrogen-bond donors (Lipinski definition) is 0. The van der Waals surface area contributed by atoms with Gasteiger partial charge < -0.3 is 0 Å². The lowest BCUT2D eigenvalue weighted by molar-refractivity contribution is -0.137. The molecule has 1 aromatic carbocycles. The highest BCUT2D eigenvalue weighted by molar-refractivity contribution is 7.84. The van der Waals surface area contributed by atoms with Crippen molar-refractivity contribution in [2.45, 2.75) is 18.0 Å². The van der Waals surface area contributed by atoms with Gasteiger partial charge in [-0.1, -0.05) is 23.2 Å². The van der Waals surface area contributed by atoms with Crippen LogP contribution in [0.5, 0.6) is 0 Å². The molecule has 0 saturated heterocycles. The van der Waals surface area contributed by atoms with Crippen molar-refractivity contribution in [3.05, 3.63) is 39.1 Å². The lowest BCUT2D eigenvalue weighted by Crippen LogP contribution is -2.08. The number of aromatic nitrogens is 2. The van der Waals surface area contributed by atoms with Gasteiger partial charge in [-0.05, 0) is 19.1 Å². The van der Waals surface area contributed by atoms with Crippen LogP contribution in [0.2, 0.25) is 10.0 Å². The van der Waals surface area contributed by atoms with E-state index in [9.17, 15) is 22.2 Å². The average molecular weight is 385 g/mol. The van der Waals surface area contributed by atoms with E-state index in [0.29, 0.717) is 24.1 Å². The predicted octanol–water partition coefficient (Wildman–Crippen LogP) is 4.06. The largest absolute Gasteiger partial charge is 0.416 e. The third-order valence-corrected chi connectivity index (χ3v) is 4.70. The van der Waals surface area contributed by atoms with Gasteiger partial charge in [0.05, 0.1) is 37.0 Å². The van der Waals surface area contributed by atoms with Crippen molar-refractivity contribution >= 4 is 40.3 Å². The molecule has 0 saturated carbocycles. The third kappa shape index (κ3) is 3.29. The van der Waals surface area contributed by atoms with Gasteiger partial charge in [-0.3, -0.25) is 9.00 Å². The fourth-order valence-corrected chi connectivity index (χ4v) is 3.62. The van der Waals surface area contributed by atoms with Crippen molar-refractivity contribution in [1.82, 2.24) is 9.78 Å². The van der Waals surface area contributed by atoms with Gasteiger partial charge in [-0.25, -0.2) is 4.68 Å². The van der Waals surface area contributed by atoms with E-state index in [1.54, 1.807) is 0 Å². The zero-order valence-electron chi connectivity index (χ0n) is 11.7. The van der Waals surface area contributed by atoms with Gasteiger partial charge in [0.25, 0.3) is 0 Å². The number of alkyl halides is 3. The quantitative estimate of drug-likeness (QED) is 0.749. The maximum atomic E-state index is 12.8. The summed E-state index contributed by atoms with van der Waals surface area (Å²) in [6.07, 6.45) is -2.83. The number of carbonyl (C=O) groups is 1. The van der Waals surface area contributed by atoms with Crippen molar-refractivity contribution in [3.63, 3.8) is 0 Å². The van der Waals surface area contributed by atoms with Crippen LogP contribution in [-0.2, 0) is 17.0 Å². The first kappa shape index (κ1) is 18.0. The minimum atomic E-state index is -4.60. The van der Waals surface area contributed by atoms with Crippen molar-refractivity contribution in [1.29, 1.82) is 0 Å². The molecular formula is C13H9Cl2F3N2O2S. The number of rotatable bonds is 3. The SMILES string of the molecule is Cc1c(S(C)=O)c(C=O)nn1-c1c(Cl)cc(C(F)(F)F)cc1Cl. The summed E-state index contributed by atoms with van der Waals surface area (Å²) in [5.74, 6) is 0. The van der Waals surface area contributed by atoms with Crippen LogP contribution in [0.4, 0.5) is 13.2 Å². The first-order valence-electron chi connectivity index (χ1n) is 6.02. The smallest absolute Gasteiger partial charge is 0.296 e. The van der Waals surface area contributed by atoms with Gasteiger partial charge in [0.15, 0.2) is 6.29 Å². The third-order valence-electron chi connectivity index (χ3n) is 3.04. The Bertz CT molecular complexity index is 795. The number of carbonyl (C=O) groups excluding carboxylic acids is 1. The normalized spacial score (nSPS) is 13.2. The minimum absolute atomic E-state index is 0.0152. The number of benzene rings is 1. The zero-order chi connectivity index (χ0) is 17.5. The van der Waals surface area contributed by atoms with E-state index < -0.39 is 22.5 Å². The van der Waals surface area contributed by atoms with Crippen molar-refractivity contribution < 1.29 is 22.2 Å². The molecule has 0 fully saturated rings. The molecule has 0 N–H and O–H groups in total. The van der Waals surface area contributed by atoms with E-state index >= 15 is 0 Å². The Hall–Kier alpha value is -1.38. The van der Waals surface area contributed by atoms with E-state index in [0.717, 1.165) is 4.68 Å². The second-order valence-electron chi connectivity index (χ2n) is 4.57. The minimum Gasteiger partial charge on any atom is -0.296 e. The van der Waals surface area contributed by atoms with Crippen molar-refractivity contribution in [3.8, 4) is 5.69 Å². The maximum absolute atomic E-state index is 12.8. The molecule has 0 spiro atoms. The second-order valence-corrected chi connectivity index (χ2v) is 6.70. The van der Waals surface area contributed by atoms with Crippen LogP contribution in [0.25, 0.3) is 5.69 Å². The summed E-state index contributed by atoms with van der Waals surface area (Å²) < 4.78 is 51.1. The standard InChI is InChI=1S/C13H9Cl2F3N2O2S/c1-6-12(23(2)22)10(5-21)19-20(6)11-8(14)3-7(4-9(11)15)13(16,17)18/h3-5H,1-2H3. The monoisotopic (exact) mass is 384 g/mol. The Kier molecular flexibility index (Phi) is 4.89. The molecule has 10 heteroatoms. The highest BCUT2D eigenvalue weighted by Crippen LogP contribution is 2.38. The number of nitrogens with zero attached hydrogens (tertiary/aromatic N) is 2. The fourth-order valence-electron chi connectivity index (χ4n) is 2.09. The van der Waals surface area contributed by atoms with Gasteiger partial charge in [-0.2, -0.15) is 18.3 Å². The summed E-state index contributed by atoms with van der Waals surface area (Å²) in [4.78, 5) is 11.2. The van der Waals surface area contributed by atoms with Gasteiger partial charge in [0, 0.05) is 6.26 Å². The molecule has 1 atom stereocenters. The predicted molar refractivity (Wildman–Crippen MR) is 81.0 cm³/mol. The summed E-state index contributed by atoms with van der Waals surface area (Å²) in [6.45, 7) is 1.51. The summed E-state index contributed by atoms with van der Waals surface area (Å²) in [5.41, 5.74) is -0.804. The molecule has 0 amide bonds. The van der Waals surface area contributed by atoms with Crippen LogP contribution in [0.3, 0.4) is 0 Å². The van der Waals surface area contributed by atoms with E-state index in [4.69, 9.17) is 23.2 Å². The Morgan fingerprint density at radius 3 is 2.13 bits per heavy atom. The first-order valence-corrected chi connectivity index (χ1v) is 8.34. The molecule has 0 radical (unpaired) electrons. The number of halogens is 5. The van der Waals surface area contributed by atoms with Crippen LogP contribution in [0, 0.1) is 6.92 Å². The van der Waals surface area contributed by atoms with Crippen LogP contribution in [-0.4, -0.2) is 26.5 Å². The molecule has 0 aliphatic heterocycles. The van der Waals surface area contributed by atoms with Crippen molar-refractivity contribution in [2.75, 3.05) is 6.26 Å². The summed E-state index contributed by atoms with van der Waals surface area (Å²) in [6, 6.07) is 1.43. The molecule has 1 aromatic heterocycles. The van der Waals surface area contributed by atoms with Crippen LogP contribution >= 0.6 is 23.2 Å². The van der Waals surface area contributed by atoms with Gasteiger partial charge in [0.2, 0.25) is 0 Å². The van der Waals surface area contributed by atoms with E-state index in [2.05, 4.69) is 5.10 Å². The Balaban J connectivity index is 2.74. The number of aldehydes is 1. The van der Waals surface area contributed by atoms with Gasteiger partial charge in [0.1, 0.15) is 11.4 Å². The Morgan fingerprint density at radius 1 is 1.26 bits per heavy atom. The average Bonchev–Trinajstić information content (AvgIpc) is 2.74. The molecule has 23 heavy (non-hydrogen) atoms. The van der Waals surface area contributed by atoms with Crippen molar-refractivity contribution in [2.24, 2.45) is 0 Å². The molecule has 1 unspecified atom stereocenters. The molecule has 0 aliphatic carbocycles. The zero-order valence-corrected chi connectivity index (χ0v) is 14.1. The second kappa shape index (κ2) is 6.26. The van der Waals surface area contributed by atoms with Crippen LogP contribution in [0.15, 0.2) is 17.0 Å². The Morgan fingerprint density at radius 2 is 1.78 bits per heavy atom. The molecule has 0 bridgehead atoms. The summed E-state index contributed by atoms with van der Waals surface area (Å²) in [7, 11) is -1.52. The highest BCUT2D eigenvalue weighted by Gasteiger charge is 2.32. The van der Waals surface area contributed by atoms with Crippen LogP contribution in [0.1, 0.15) is 21.7 Å². The summed E-state index contributed by atoms with van der Waals surface area (Å²) >= 11 is 11.8. The molecule has 2 rings (SSSR count). The maximum Gasteiger partial charge on any atom is 0.416 e. The highest BCUT2D eigenvalue weighted by atomic mass is 35.5. The van der Waals surface area contributed by atoms with E-state index in [1.165, 1.54) is 13.2 Å². The first-order chi connectivity index (χ1) is 10.6. The van der Waals surface area contributed by atoms with Gasteiger partial charge >= 0.3 is 6.18 Å². The molecule has 1 heterocycles. The number of hydrogen-bond acceptors (Lipinski definition) is 3. The van der Waals surface area contributed by atoms with E-state index in [1.807, 2.05) is 0 Å². The topological polar surface area (TPSA) is 52.0 Å². The molecule has 124 valence electrons. The lowest BCUT2D eigenvalue weighted by atomic mass is 10.2. The molecule has 2 aromatic rings. The summed E-state index contributed by atoms with van der Waals surface area (Å²) in [5, 5.41) is 3.36. The van der Waals surface area contributed by atoms with Crippen LogP contribution < -0.4 is 0 Å². The molecule has 0 aliphatic rings. The fraction of sp³-hybridized carbons (Fsp3) is 0.231. The molecular weight excluding hydrogens is 376 g/mol. The van der Waals surface area contributed by atoms with E-state index in [-0.39, 0.29) is 26.3 Å². The lowest BCUT2D eigenvalue weighted by Gasteiger charge is -2.13. The molecule has 4 nitrogen and oxygen atoms in total. The Labute approximate surface area is 141 Å². The van der Waals surface area contributed by atoms with Gasteiger partial charge in [-0.15, -0.1) is 0 Å².